The third-order valence-corrected chi connectivity index (χ3v) is 6.57. The Bertz CT molecular complexity index is 841. The van der Waals surface area contributed by atoms with E-state index in [9.17, 15) is 13.2 Å². The zero-order chi connectivity index (χ0) is 18.7. The fraction of sp³-hybridized carbons (Fsp3) is 0.353. The predicted molar refractivity (Wildman–Crippen MR) is 105 cm³/mol. The number of hydrogen-bond acceptors (Lipinski definition) is 5. The molecule has 1 fully saturated rings. The highest BCUT2D eigenvalue weighted by Crippen LogP contribution is 2.21. The molecule has 0 spiro atoms. The Morgan fingerprint density at radius 1 is 1.08 bits per heavy atom. The molecule has 0 atom stereocenters. The highest BCUT2D eigenvalue weighted by Gasteiger charge is 2.23. The van der Waals surface area contributed by atoms with E-state index in [1.54, 1.807) is 12.1 Å². The Morgan fingerprint density at radius 3 is 2.27 bits per heavy atom. The van der Waals surface area contributed by atoms with Crippen molar-refractivity contribution in [2.24, 2.45) is 0 Å². The minimum Gasteiger partial charge on any atom is -0.368 e. The van der Waals surface area contributed by atoms with Crippen molar-refractivity contribution in [3.8, 4) is 0 Å². The standard InChI is InChI=1S/C17H22N4O3S2/c1-19(2)26(23,24)18-14-5-7-15(8-6-14)20-9-11-21(12-10-20)17(22)16-4-3-13-25-16/h3-8,13,18H,9-12H2,1-2H3. The van der Waals surface area contributed by atoms with Gasteiger partial charge in [-0.1, -0.05) is 6.07 Å². The zero-order valence-corrected chi connectivity index (χ0v) is 16.4. The van der Waals surface area contributed by atoms with Gasteiger partial charge in [0.2, 0.25) is 0 Å². The Kier molecular flexibility index (Phi) is 5.49. The van der Waals surface area contributed by atoms with Gasteiger partial charge in [-0.2, -0.15) is 12.7 Å². The molecule has 26 heavy (non-hydrogen) atoms. The first-order chi connectivity index (χ1) is 12.4. The van der Waals surface area contributed by atoms with Gasteiger partial charge in [0.15, 0.2) is 0 Å². The van der Waals surface area contributed by atoms with E-state index in [-0.39, 0.29) is 5.91 Å². The molecular formula is C17H22N4O3S2. The van der Waals surface area contributed by atoms with E-state index >= 15 is 0 Å². The van der Waals surface area contributed by atoms with Crippen LogP contribution in [-0.4, -0.2) is 63.8 Å². The molecule has 1 aromatic heterocycles. The number of benzene rings is 1. The molecule has 1 aromatic carbocycles. The van der Waals surface area contributed by atoms with E-state index in [4.69, 9.17) is 0 Å². The molecule has 140 valence electrons. The molecule has 0 unspecified atom stereocenters. The lowest BCUT2D eigenvalue weighted by Crippen LogP contribution is -2.48. The summed E-state index contributed by atoms with van der Waals surface area (Å²) in [5.41, 5.74) is 1.54. The number of nitrogens with one attached hydrogen (secondary N) is 1. The van der Waals surface area contributed by atoms with Crippen LogP contribution < -0.4 is 9.62 Å². The smallest absolute Gasteiger partial charge is 0.301 e. The first kappa shape index (κ1) is 18.7. The summed E-state index contributed by atoms with van der Waals surface area (Å²) in [7, 11) is -0.541. The maximum atomic E-state index is 12.4. The van der Waals surface area contributed by atoms with Crippen molar-refractivity contribution in [2.75, 3.05) is 49.9 Å². The molecule has 1 N–H and O–H groups in total. The maximum absolute atomic E-state index is 12.4. The lowest BCUT2D eigenvalue weighted by atomic mass is 10.2. The van der Waals surface area contributed by atoms with Crippen LogP contribution in [0.2, 0.25) is 0 Å². The minimum absolute atomic E-state index is 0.0908. The van der Waals surface area contributed by atoms with Gasteiger partial charge < -0.3 is 9.80 Å². The molecule has 2 heterocycles. The van der Waals surface area contributed by atoms with Crippen molar-refractivity contribution >= 4 is 38.8 Å². The van der Waals surface area contributed by atoms with Gasteiger partial charge in [0, 0.05) is 51.6 Å². The SMILES string of the molecule is CN(C)S(=O)(=O)Nc1ccc(N2CCN(C(=O)c3cccs3)CC2)cc1. The average Bonchev–Trinajstić information content (AvgIpc) is 3.16. The number of anilines is 2. The Morgan fingerprint density at radius 2 is 1.73 bits per heavy atom. The number of amides is 1. The molecule has 1 saturated heterocycles. The molecule has 0 bridgehead atoms. The summed E-state index contributed by atoms with van der Waals surface area (Å²) in [6.07, 6.45) is 0. The minimum atomic E-state index is -3.50. The zero-order valence-electron chi connectivity index (χ0n) is 14.8. The van der Waals surface area contributed by atoms with Crippen LogP contribution in [0.1, 0.15) is 9.67 Å². The second-order valence-corrected chi connectivity index (χ2v) is 9.03. The molecule has 1 aliphatic heterocycles. The summed E-state index contributed by atoms with van der Waals surface area (Å²) >= 11 is 1.47. The molecule has 3 rings (SSSR count). The van der Waals surface area contributed by atoms with E-state index < -0.39 is 10.2 Å². The number of carbonyl (C=O) groups excluding carboxylic acids is 1. The lowest BCUT2D eigenvalue weighted by molar-refractivity contribution is 0.0751. The van der Waals surface area contributed by atoms with Crippen LogP contribution in [0, 0.1) is 0 Å². The monoisotopic (exact) mass is 394 g/mol. The predicted octanol–water partition coefficient (Wildman–Crippen LogP) is 1.93. The molecule has 2 aromatic rings. The van der Waals surface area contributed by atoms with Crippen molar-refractivity contribution in [2.45, 2.75) is 0 Å². The largest absolute Gasteiger partial charge is 0.368 e. The van der Waals surface area contributed by atoms with Gasteiger partial charge in [0.05, 0.1) is 4.88 Å². The maximum Gasteiger partial charge on any atom is 0.301 e. The molecule has 1 aliphatic rings. The van der Waals surface area contributed by atoms with E-state index in [2.05, 4.69) is 9.62 Å². The quantitative estimate of drug-likeness (QED) is 0.841. The molecule has 7 nitrogen and oxygen atoms in total. The van der Waals surface area contributed by atoms with Gasteiger partial charge in [-0.05, 0) is 35.7 Å². The Hall–Kier alpha value is -2.10. The number of rotatable bonds is 5. The topological polar surface area (TPSA) is 73.0 Å². The first-order valence-electron chi connectivity index (χ1n) is 8.25. The van der Waals surface area contributed by atoms with E-state index in [0.29, 0.717) is 18.8 Å². The fourth-order valence-corrected chi connectivity index (χ4v) is 4.01. The summed E-state index contributed by atoms with van der Waals surface area (Å²) in [6, 6.07) is 11.0. The van der Waals surface area contributed by atoms with E-state index in [1.807, 2.05) is 34.5 Å². The highest BCUT2D eigenvalue weighted by molar-refractivity contribution is 7.90. The van der Waals surface area contributed by atoms with Gasteiger partial charge in [0.1, 0.15) is 0 Å². The van der Waals surface area contributed by atoms with Gasteiger partial charge in [-0.15, -0.1) is 11.3 Å². The molecule has 0 saturated carbocycles. The van der Waals surface area contributed by atoms with Gasteiger partial charge in [0.25, 0.3) is 5.91 Å². The molecule has 9 heteroatoms. The fourth-order valence-electron chi connectivity index (χ4n) is 2.70. The van der Waals surface area contributed by atoms with Crippen LogP contribution in [0.5, 0.6) is 0 Å². The number of nitrogens with zero attached hydrogens (tertiary/aromatic N) is 3. The summed E-state index contributed by atoms with van der Waals surface area (Å²) in [4.78, 5) is 17.2. The van der Waals surface area contributed by atoms with Crippen molar-refractivity contribution in [3.05, 3.63) is 46.7 Å². The summed E-state index contributed by atoms with van der Waals surface area (Å²) < 4.78 is 27.3. The van der Waals surface area contributed by atoms with E-state index in [0.717, 1.165) is 28.0 Å². The highest BCUT2D eigenvalue weighted by atomic mass is 32.2. The van der Waals surface area contributed by atoms with Crippen LogP contribution in [0.25, 0.3) is 0 Å². The van der Waals surface area contributed by atoms with Crippen molar-refractivity contribution in [1.29, 1.82) is 0 Å². The third kappa shape index (κ3) is 4.17. The normalized spacial score (nSPS) is 15.3. The number of carbonyl (C=O) groups is 1. The van der Waals surface area contributed by atoms with Crippen LogP contribution in [0.3, 0.4) is 0 Å². The van der Waals surface area contributed by atoms with Crippen molar-refractivity contribution < 1.29 is 13.2 Å². The number of piperazine rings is 1. The van der Waals surface area contributed by atoms with Crippen molar-refractivity contribution in [1.82, 2.24) is 9.21 Å². The summed E-state index contributed by atoms with van der Waals surface area (Å²) in [5, 5.41) is 1.91. The number of hydrogen-bond donors (Lipinski definition) is 1. The van der Waals surface area contributed by atoms with Crippen LogP contribution in [0.15, 0.2) is 41.8 Å². The molecule has 0 radical (unpaired) electrons. The molecule has 1 amide bonds. The molecule has 0 aliphatic carbocycles. The second-order valence-electron chi connectivity index (χ2n) is 6.19. The van der Waals surface area contributed by atoms with Crippen LogP contribution in [0.4, 0.5) is 11.4 Å². The first-order valence-corrected chi connectivity index (χ1v) is 10.6. The van der Waals surface area contributed by atoms with Crippen molar-refractivity contribution in [3.63, 3.8) is 0 Å². The van der Waals surface area contributed by atoms with E-state index in [1.165, 1.54) is 25.4 Å². The Labute approximate surface area is 158 Å². The summed E-state index contributed by atoms with van der Waals surface area (Å²) in [6.45, 7) is 2.84. The average molecular weight is 395 g/mol. The van der Waals surface area contributed by atoms with Gasteiger partial charge >= 0.3 is 10.2 Å². The summed E-state index contributed by atoms with van der Waals surface area (Å²) in [5.74, 6) is 0.0908. The lowest BCUT2D eigenvalue weighted by Gasteiger charge is -2.36. The van der Waals surface area contributed by atoms with Gasteiger partial charge in [-0.25, -0.2) is 0 Å². The van der Waals surface area contributed by atoms with Crippen LogP contribution in [-0.2, 0) is 10.2 Å². The number of thiophene rings is 1. The second kappa shape index (κ2) is 7.65. The molecular weight excluding hydrogens is 372 g/mol. The van der Waals surface area contributed by atoms with Gasteiger partial charge in [-0.3, -0.25) is 9.52 Å². The Balaban J connectivity index is 1.59. The van der Waals surface area contributed by atoms with Crippen LogP contribution >= 0.6 is 11.3 Å². The third-order valence-electron chi connectivity index (χ3n) is 4.26.